The van der Waals surface area contributed by atoms with E-state index in [1.165, 1.54) is 17.6 Å². The van der Waals surface area contributed by atoms with E-state index in [9.17, 15) is 18.0 Å². The van der Waals surface area contributed by atoms with Crippen LogP contribution >= 0.6 is 22.9 Å². The van der Waals surface area contributed by atoms with Crippen molar-refractivity contribution < 1.29 is 22.7 Å². The Labute approximate surface area is 265 Å². The molecule has 230 valence electrons. The molecule has 0 N–H and O–H groups in total. The number of sulfone groups is 1. The molecule has 0 saturated carbocycles. The molecule has 44 heavy (non-hydrogen) atoms. The minimum Gasteiger partial charge on any atom is -0.378 e. The van der Waals surface area contributed by atoms with Gasteiger partial charge in [0, 0.05) is 50.4 Å². The van der Waals surface area contributed by atoms with Gasteiger partial charge >= 0.3 is 0 Å². The van der Waals surface area contributed by atoms with Crippen molar-refractivity contribution in [1.82, 2.24) is 24.5 Å². The largest absolute Gasteiger partial charge is 0.378 e. The van der Waals surface area contributed by atoms with E-state index in [4.69, 9.17) is 21.4 Å². The van der Waals surface area contributed by atoms with Gasteiger partial charge in [-0.25, -0.2) is 13.1 Å². The van der Waals surface area contributed by atoms with E-state index in [0.29, 0.717) is 81.1 Å². The maximum absolute atomic E-state index is 13.7. The molecule has 10 nitrogen and oxygen atoms in total. The number of aromatic nitrogens is 2. The highest BCUT2D eigenvalue weighted by atomic mass is 35.5. The lowest BCUT2D eigenvalue weighted by Crippen LogP contribution is -2.52. The molecule has 0 radical (unpaired) electrons. The van der Waals surface area contributed by atoms with Gasteiger partial charge in [0.25, 0.3) is 5.91 Å². The van der Waals surface area contributed by atoms with Crippen molar-refractivity contribution in [3.63, 3.8) is 0 Å². The number of nitrogens with zero attached hydrogens (tertiary/aromatic N) is 5. The van der Waals surface area contributed by atoms with E-state index in [0.717, 1.165) is 15.3 Å². The second kappa shape index (κ2) is 12.8. The fourth-order valence-corrected chi connectivity index (χ4v) is 7.24. The third-order valence-electron chi connectivity index (χ3n) is 7.80. The molecule has 2 aromatic carbocycles. The predicted octanol–water partition coefficient (Wildman–Crippen LogP) is 3.94. The number of hydrogen-bond donors (Lipinski definition) is 0. The second-order valence-electron chi connectivity index (χ2n) is 10.8. The van der Waals surface area contributed by atoms with E-state index in [-0.39, 0.29) is 16.7 Å². The molecule has 2 aliphatic rings. The molecule has 0 atom stereocenters. The Morgan fingerprint density at radius 2 is 1.61 bits per heavy atom. The Morgan fingerprint density at radius 1 is 0.886 bits per heavy atom. The van der Waals surface area contributed by atoms with Gasteiger partial charge in [0.05, 0.1) is 45.9 Å². The maximum Gasteiger partial charge on any atom is 0.274 e. The first-order valence-electron chi connectivity index (χ1n) is 14.3. The van der Waals surface area contributed by atoms with Gasteiger partial charge in [-0.1, -0.05) is 35.9 Å². The maximum atomic E-state index is 13.7. The molecule has 0 bridgehead atoms. The van der Waals surface area contributed by atoms with Gasteiger partial charge in [-0.05, 0) is 48.0 Å². The summed E-state index contributed by atoms with van der Waals surface area (Å²) in [4.78, 5) is 34.1. The molecule has 4 heterocycles. The number of hydrogen-bond acceptors (Lipinski definition) is 8. The Morgan fingerprint density at radius 3 is 2.34 bits per heavy atom. The van der Waals surface area contributed by atoms with Gasteiger partial charge < -0.3 is 14.5 Å². The summed E-state index contributed by atoms with van der Waals surface area (Å²) in [5, 5.41) is 5.22. The van der Waals surface area contributed by atoms with Gasteiger partial charge in [-0.3, -0.25) is 14.5 Å². The molecule has 2 aromatic heterocycles. The van der Waals surface area contributed by atoms with E-state index >= 15 is 0 Å². The molecule has 0 aliphatic carbocycles. The van der Waals surface area contributed by atoms with Crippen molar-refractivity contribution in [3.05, 3.63) is 77.4 Å². The quantitative estimate of drug-likeness (QED) is 0.298. The summed E-state index contributed by atoms with van der Waals surface area (Å²) in [6.07, 6.45) is 1.19. The zero-order chi connectivity index (χ0) is 30.8. The average molecular weight is 654 g/mol. The molecular formula is C31H32ClN5O5S2. The molecular weight excluding hydrogens is 622 g/mol. The second-order valence-corrected chi connectivity index (χ2v) is 14.3. The van der Waals surface area contributed by atoms with Gasteiger partial charge in [-0.2, -0.15) is 5.10 Å². The van der Waals surface area contributed by atoms with Crippen LogP contribution in [0.15, 0.2) is 71.6 Å². The lowest BCUT2D eigenvalue weighted by molar-refractivity contribution is -0.136. The molecule has 6 rings (SSSR count). The molecule has 2 aliphatic heterocycles. The minimum absolute atomic E-state index is 0.0922. The van der Waals surface area contributed by atoms with Crippen molar-refractivity contribution in [2.24, 2.45) is 0 Å². The normalized spacial score (nSPS) is 16.3. The first kappa shape index (κ1) is 30.5. The van der Waals surface area contributed by atoms with Gasteiger partial charge in [0.15, 0.2) is 15.5 Å². The fraction of sp³-hybridized carbons (Fsp3) is 0.323. The smallest absolute Gasteiger partial charge is 0.274 e. The number of piperazine rings is 1. The summed E-state index contributed by atoms with van der Waals surface area (Å²) in [5.41, 5.74) is 2.43. The van der Waals surface area contributed by atoms with Crippen molar-refractivity contribution in [2.45, 2.75) is 4.90 Å². The Balaban J connectivity index is 1.23. The number of thiophene rings is 1. The van der Waals surface area contributed by atoms with Crippen molar-refractivity contribution in [2.75, 3.05) is 65.3 Å². The summed E-state index contributed by atoms with van der Waals surface area (Å²) in [6, 6.07) is 19.8. The van der Waals surface area contributed by atoms with Crippen LogP contribution in [0.3, 0.4) is 0 Å². The first-order chi connectivity index (χ1) is 21.2. The SMILES string of the molecule is CS(=O)(=O)c1cccc(-c2ccc(-c3cc(C(=O)N4CCN(CC(=O)N5CCOCC5)CC4)nn3-c3ccccc3Cl)s2)c1. The number of ether oxygens (including phenoxy) is 1. The highest BCUT2D eigenvalue weighted by Gasteiger charge is 2.28. The molecule has 4 aromatic rings. The van der Waals surface area contributed by atoms with E-state index < -0.39 is 9.84 Å². The number of amides is 2. The lowest BCUT2D eigenvalue weighted by Gasteiger charge is -2.35. The van der Waals surface area contributed by atoms with Crippen molar-refractivity contribution in [3.8, 4) is 26.7 Å². The van der Waals surface area contributed by atoms with Gasteiger partial charge in [0.2, 0.25) is 5.91 Å². The van der Waals surface area contributed by atoms with Crippen LogP contribution in [0, 0.1) is 0 Å². The molecule has 13 heteroatoms. The van der Waals surface area contributed by atoms with Gasteiger partial charge in [0.1, 0.15) is 0 Å². The summed E-state index contributed by atoms with van der Waals surface area (Å²) in [6.45, 7) is 4.88. The summed E-state index contributed by atoms with van der Waals surface area (Å²) in [5.74, 6) is -0.0941. The van der Waals surface area contributed by atoms with Crippen LogP contribution in [0.5, 0.6) is 0 Å². The number of carbonyl (C=O) groups is 2. The number of rotatable bonds is 7. The highest BCUT2D eigenvalue weighted by molar-refractivity contribution is 7.90. The standard InChI is InChI=1S/C31H32ClN5O5S2/c1-44(40,41)23-6-4-5-22(19-23)28-9-10-29(43-28)27-20-25(33-37(27)26-8-3-2-7-24(26)32)31(39)36-13-11-34(12-14-36)21-30(38)35-15-17-42-18-16-35/h2-10,19-20H,11-18,21H2,1H3. The average Bonchev–Trinajstić information content (AvgIpc) is 3.70. The zero-order valence-corrected chi connectivity index (χ0v) is 26.6. The van der Waals surface area contributed by atoms with E-state index in [1.54, 1.807) is 39.9 Å². The molecule has 0 spiro atoms. The van der Waals surface area contributed by atoms with Crippen LogP contribution in [0.1, 0.15) is 10.5 Å². The number of morpholine rings is 1. The Hall–Kier alpha value is -3.55. The van der Waals surface area contributed by atoms with Crippen LogP contribution in [0.4, 0.5) is 0 Å². The summed E-state index contributed by atoms with van der Waals surface area (Å²) < 4.78 is 31.3. The lowest BCUT2D eigenvalue weighted by atomic mass is 10.2. The number of carbonyl (C=O) groups excluding carboxylic acids is 2. The number of halogens is 1. The number of para-hydroxylation sites is 1. The van der Waals surface area contributed by atoms with E-state index in [2.05, 4.69) is 4.90 Å². The summed E-state index contributed by atoms with van der Waals surface area (Å²) in [7, 11) is -3.35. The van der Waals surface area contributed by atoms with Crippen molar-refractivity contribution >= 4 is 44.6 Å². The zero-order valence-electron chi connectivity index (χ0n) is 24.2. The number of benzene rings is 2. The highest BCUT2D eigenvalue weighted by Crippen LogP contribution is 2.37. The Bertz CT molecular complexity index is 1790. The van der Waals surface area contributed by atoms with Crippen LogP contribution in [0.25, 0.3) is 26.7 Å². The van der Waals surface area contributed by atoms with Crippen LogP contribution in [-0.4, -0.2) is 110 Å². The molecule has 2 amide bonds. The molecule has 0 unspecified atom stereocenters. The topological polar surface area (TPSA) is 105 Å². The first-order valence-corrected chi connectivity index (χ1v) is 17.4. The third kappa shape index (κ3) is 6.59. The van der Waals surface area contributed by atoms with E-state index in [1.807, 2.05) is 41.3 Å². The minimum atomic E-state index is -3.35. The summed E-state index contributed by atoms with van der Waals surface area (Å²) >= 11 is 8.05. The van der Waals surface area contributed by atoms with Gasteiger partial charge in [-0.15, -0.1) is 11.3 Å². The third-order valence-corrected chi connectivity index (χ3v) is 10.4. The van der Waals surface area contributed by atoms with Crippen molar-refractivity contribution in [1.29, 1.82) is 0 Å². The Kier molecular flexibility index (Phi) is 8.88. The fourth-order valence-electron chi connectivity index (χ4n) is 5.35. The van der Waals surface area contributed by atoms with Crippen LogP contribution in [-0.2, 0) is 19.4 Å². The van der Waals surface area contributed by atoms with Crippen LogP contribution < -0.4 is 0 Å². The molecule has 2 saturated heterocycles. The monoisotopic (exact) mass is 653 g/mol. The predicted molar refractivity (Wildman–Crippen MR) is 170 cm³/mol. The van der Waals surface area contributed by atoms with Crippen LogP contribution in [0.2, 0.25) is 5.02 Å². The molecule has 2 fully saturated rings.